The minimum Gasteiger partial charge on any atom is -0.368 e. The van der Waals surface area contributed by atoms with Gasteiger partial charge in [-0.15, -0.1) is 0 Å². The maximum atomic E-state index is 5.73. The summed E-state index contributed by atoms with van der Waals surface area (Å²) in [6, 6.07) is 8.12. The maximum absolute atomic E-state index is 5.73. The highest BCUT2D eigenvalue weighted by Crippen LogP contribution is 2.38. The van der Waals surface area contributed by atoms with Crippen LogP contribution >= 0.6 is 0 Å². The lowest BCUT2D eigenvalue weighted by Crippen LogP contribution is -2.04. The molecule has 86 valence electrons. The fourth-order valence-corrected chi connectivity index (χ4v) is 1.77. The van der Waals surface area contributed by atoms with E-state index < -0.39 is 0 Å². The Hall–Kier alpha value is -1.97. The molecule has 0 saturated heterocycles. The van der Waals surface area contributed by atoms with Gasteiger partial charge in [-0.2, -0.15) is 9.97 Å². The number of anilines is 1. The average Bonchev–Trinajstić information content (AvgIpc) is 3.13. The van der Waals surface area contributed by atoms with Crippen molar-refractivity contribution in [2.24, 2.45) is 0 Å². The molecule has 2 N–H and O–H groups in total. The standard InChI is InChI=1S/C13H14N4/c1-8-2-4-9(5-3-8)11-15-12(10-6-7-10)17-13(14)16-11/h2-5,10H,6-7H2,1H3,(H2,14,15,16,17). The lowest BCUT2D eigenvalue weighted by Gasteiger charge is -2.04. The molecule has 0 amide bonds. The number of rotatable bonds is 2. The Morgan fingerprint density at radius 1 is 1.06 bits per heavy atom. The number of aryl methyl sites for hydroxylation is 1. The van der Waals surface area contributed by atoms with E-state index in [1.54, 1.807) is 0 Å². The number of aromatic nitrogens is 3. The molecule has 1 fully saturated rings. The summed E-state index contributed by atoms with van der Waals surface area (Å²) >= 11 is 0. The fraction of sp³-hybridized carbons (Fsp3) is 0.308. The molecule has 1 aliphatic rings. The van der Waals surface area contributed by atoms with Crippen molar-refractivity contribution in [3.8, 4) is 11.4 Å². The third-order valence-corrected chi connectivity index (χ3v) is 2.92. The molecule has 2 aromatic rings. The van der Waals surface area contributed by atoms with Crippen LogP contribution < -0.4 is 5.73 Å². The van der Waals surface area contributed by atoms with E-state index in [4.69, 9.17) is 5.73 Å². The van der Waals surface area contributed by atoms with Crippen molar-refractivity contribution in [3.63, 3.8) is 0 Å². The zero-order chi connectivity index (χ0) is 11.8. The van der Waals surface area contributed by atoms with Gasteiger partial charge in [0.1, 0.15) is 5.82 Å². The molecule has 1 saturated carbocycles. The molecule has 1 aliphatic carbocycles. The van der Waals surface area contributed by atoms with E-state index in [1.807, 2.05) is 24.3 Å². The zero-order valence-corrected chi connectivity index (χ0v) is 9.72. The third kappa shape index (κ3) is 2.11. The van der Waals surface area contributed by atoms with Gasteiger partial charge in [-0.05, 0) is 19.8 Å². The van der Waals surface area contributed by atoms with Gasteiger partial charge < -0.3 is 5.73 Å². The smallest absolute Gasteiger partial charge is 0.223 e. The quantitative estimate of drug-likeness (QED) is 0.853. The minimum atomic E-state index is 0.317. The van der Waals surface area contributed by atoms with Crippen molar-refractivity contribution >= 4 is 5.95 Å². The molecule has 17 heavy (non-hydrogen) atoms. The highest BCUT2D eigenvalue weighted by atomic mass is 15.1. The monoisotopic (exact) mass is 226 g/mol. The van der Waals surface area contributed by atoms with Crippen LogP contribution in [0.4, 0.5) is 5.95 Å². The number of hydrogen-bond acceptors (Lipinski definition) is 4. The SMILES string of the molecule is Cc1ccc(-c2nc(N)nc(C3CC3)n2)cc1. The van der Waals surface area contributed by atoms with Crippen LogP contribution in [0, 0.1) is 6.92 Å². The van der Waals surface area contributed by atoms with E-state index in [1.165, 1.54) is 5.56 Å². The molecule has 1 aromatic heterocycles. The maximum Gasteiger partial charge on any atom is 0.223 e. The van der Waals surface area contributed by atoms with Crippen molar-refractivity contribution < 1.29 is 0 Å². The van der Waals surface area contributed by atoms with Crippen molar-refractivity contribution in [1.29, 1.82) is 0 Å². The predicted octanol–water partition coefficient (Wildman–Crippen LogP) is 2.31. The normalized spacial score (nSPS) is 14.9. The molecular formula is C13H14N4. The van der Waals surface area contributed by atoms with Gasteiger partial charge in [-0.25, -0.2) is 4.98 Å². The molecule has 0 atom stereocenters. The summed E-state index contributed by atoms with van der Waals surface area (Å²) in [5.74, 6) is 2.33. The van der Waals surface area contributed by atoms with Crippen LogP contribution in [0.3, 0.4) is 0 Å². The molecule has 1 aromatic carbocycles. The predicted molar refractivity (Wildman–Crippen MR) is 66.4 cm³/mol. The van der Waals surface area contributed by atoms with E-state index in [9.17, 15) is 0 Å². The van der Waals surface area contributed by atoms with Crippen LogP contribution in [0.1, 0.15) is 30.1 Å². The van der Waals surface area contributed by atoms with Gasteiger partial charge in [0.2, 0.25) is 5.95 Å². The van der Waals surface area contributed by atoms with E-state index in [0.29, 0.717) is 17.7 Å². The van der Waals surface area contributed by atoms with Gasteiger partial charge in [0, 0.05) is 11.5 Å². The molecule has 0 bridgehead atoms. The zero-order valence-electron chi connectivity index (χ0n) is 9.72. The lowest BCUT2D eigenvalue weighted by molar-refractivity contribution is 0.902. The van der Waals surface area contributed by atoms with E-state index in [2.05, 4.69) is 21.9 Å². The summed E-state index contributed by atoms with van der Waals surface area (Å²) in [6.07, 6.45) is 2.33. The van der Waals surface area contributed by atoms with Crippen LogP contribution in [0.15, 0.2) is 24.3 Å². The first-order valence-electron chi connectivity index (χ1n) is 5.81. The van der Waals surface area contributed by atoms with Gasteiger partial charge in [-0.3, -0.25) is 0 Å². The molecular weight excluding hydrogens is 212 g/mol. The largest absolute Gasteiger partial charge is 0.368 e. The van der Waals surface area contributed by atoms with Crippen molar-refractivity contribution in [2.75, 3.05) is 5.73 Å². The first-order chi connectivity index (χ1) is 8.22. The Morgan fingerprint density at radius 2 is 1.76 bits per heavy atom. The summed E-state index contributed by atoms with van der Waals surface area (Å²) in [6.45, 7) is 2.06. The Morgan fingerprint density at radius 3 is 2.41 bits per heavy atom. The fourth-order valence-electron chi connectivity index (χ4n) is 1.77. The summed E-state index contributed by atoms with van der Waals surface area (Å²) in [5.41, 5.74) is 7.94. The molecule has 3 rings (SSSR count). The van der Waals surface area contributed by atoms with Crippen LogP contribution in [0.25, 0.3) is 11.4 Å². The van der Waals surface area contributed by atoms with Crippen LogP contribution in [-0.2, 0) is 0 Å². The Labute approximate surface area is 99.9 Å². The van der Waals surface area contributed by atoms with Gasteiger partial charge in [-0.1, -0.05) is 29.8 Å². The van der Waals surface area contributed by atoms with E-state index in [-0.39, 0.29) is 0 Å². The van der Waals surface area contributed by atoms with Crippen molar-refractivity contribution in [2.45, 2.75) is 25.7 Å². The third-order valence-electron chi connectivity index (χ3n) is 2.92. The highest BCUT2D eigenvalue weighted by molar-refractivity contribution is 5.56. The average molecular weight is 226 g/mol. The molecule has 4 nitrogen and oxygen atoms in total. The number of nitrogens with zero attached hydrogens (tertiary/aromatic N) is 3. The first kappa shape index (κ1) is 10.2. The van der Waals surface area contributed by atoms with Crippen molar-refractivity contribution in [1.82, 2.24) is 15.0 Å². The number of benzene rings is 1. The summed E-state index contributed by atoms with van der Waals surface area (Å²) in [4.78, 5) is 12.9. The van der Waals surface area contributed by atoms with Gasteiger partial charge in [0.25, 0.3) is 0 Å². The van der Waals surface area contributed by atoms with Gasteiger partial charge in [0.15, 0.2) is 5.82 Å². The van der Waals surface area contributed by atoms with Crippen molar-refractivity contribution in [3.05, 3.63) is 35.7 Å². The molecule has 0 radical (unpaired) electrons. The number of nitrogens with two attached hydrogens (primary N) is 1. The first-order valence-corrected chi connectivity index (χ1v) is 5.81. The van der Waals surface area contributed by atoms with Crippen LogP contribution in [0.2, 0.25) is 0 Å². The molecule has 4 heteroatoms. The summed E-state index contributed by atoms with van der Waals surface area (Å²) in [7, 11) is 0. The van der Waals surface area contributed by atoms with Gasteiger partial charge >= 0.3 is 0 Å². The molecule has 1 heterocycles. The Balaban J connectivity index is 2.04. The Kier molecular flexibility index (Phi) is 2.28. The van der Waals surface area contributed by atoms with Gasteiger partial charge in [0.05, 0.1) is 0 Å². The van der Waals surface area contributed by atoms with Crippen LogP contribution in [0.5, 0.6) is 0 Å². The number of hydrogen-bond donors (Lipinski definition) is 1. The summed E-state index contributed by atoms with van der Waals surface area (Å²) in [5, 5.41) is 0. The second-order valence-corrected chi connectivity index (χ2v) is 4.52. The lowest BCUT2D eigenvalue weighted by atomic mass is 10.1. The van der Waals surface area contributed by atoms with Crippen LogP contribution in [-0.4, -0.2) is 15.0 Å². The molecule has 0 unspecified atom stereocenters. The number of nitrogen functional groups attached to an aromatic ring is 1. The molecule has 0 spiro atoms. The highest BCUT2D eigenvalue weighted by Gasteiger charge is 2.27. The second kappa shape index (κ2) is 3.80. The topological polar surface area (TPSA) is 64.7 Å². The second-order valence-electron chi connectivity index (χ2n) is 4.52. The van der Waals surface area contributed by atoms with E-state index >= 15 is 0 Å². The minimum absolute atomic E-state index is 0.317. The Bertz CT molecular complexity index is 544. The molecule has 0 aliphatic heterocycles. The van der Waals surface area contributed by atoms with E-state index in [0.717, 1.165) is 24.2 Å². The summed E-state index contributed by atoms with van der Waals surface area (Å²) < 4.78 is 0.